The first kappa shape index (κ1) is 37.7. The van der Waals surface area contributed by atoms with Gasteiger partial charge in [0.05, 0.1) is 37.5 Å². The number of hydrogen-bond acceptors (Lipinski definition) is 7. The molecule has 6 rings (SSSR count). The lowest BCUT2D eigenvalue weighted by Crippen LogP contribution is -2.62. The van der Waals surface area contributed by atoms with E-state index in [1.807, 2.05) is 97.9 Å². The Morgan fingerprint density at radius 3 is 1.53 bits per heavy atom. The molecule has 1 aliphatic rings. The van der Waals surface area contributed by atoms with E-state index < -0.39 is 35.6 Å². The third-order valence-electron chi connectivity index (χ3n) is 8.57. The van der Waals surface area contributed by atoms with Gasteiger partial charge < -0.3 is 28.4 Å². The van der Waals surface area contributed by atoms with Crippen LogP contribution in [-0.4, -0.2) is 46.7 Å². The van der Waals surface area contributed by atoms with Gasteiger partial charge in [-0.15, -0.1) is 0 Å². The van der Waals surface area contributed by atoms with Gasteiger partial charge in [-0.05, 0) is 41.3 Å². The fourth-order valence-electron chi connectivity index (χ4n) is 5.86. The maximum Gasteiger partial charge on any atom is 0.175 e. The summed E-state index contributed by atoms with van der Waals surface area (Å²) < 4.78 is 41.4. The van der Waals surface area contributed by atoms with Gasteiger partial charge >= 0.3 is 0 Å². The van der Waals surface area contributed by atoms with E-state index >= 15 is 0 Å². The van der Waals surface area contributed by atoms with E-state index in [-0.39, 0.29) is 0 Å². The van der Waals surface area contributed by atoms with Crippen molar-refractivity contribution < 1.29 is 28.4 Å². The summed E-state index contributed by atoms with van der Waals surface area (Å²) in [4.78, 5) is 1.06. The van der Waals surface area contributed by atoms with E-state index in [0.717, 1.165) is 27.1 Å². The summed E-state index contributed by atoms with van der Waals surface area (Å²) in [5.41, 5.74) is 3.83. The van der Waals surface area contributed by atoms with E-state index in [0.29, 0.717) is 37.5 Å². The Hall–Kier alpha value is -3.06. The summed E-state index contributed by atoms with van der Waals surface area (Å²) in [5.74, 6) is -0.949. The van der Waals surface area contributed by atoms with Gasteiger partial charge in [-0.1, -0.05) is 174 Å². The molecule has 51 heavy (non-hydrogen) atoms. The molecule has 266 valence electrons. The quantitative estimate of drug-likeness (QED) is 0.0496. The predicted octanol–water partition coefficient (Wildman–Crippen LogP) is 9.64. The molecule has 1 heterocycles. The SMILES string of the molecule is CC(CI)(OCc1ccccc1)O[C@H]1[C@@H](OCc2ccccc2)[C@H](OCc2ccccc2)[C@@H](COCc2ccccc2)O[C@H]1Sc1ccccc1. The second-order valence-corrected chi connectivity index (χ2v) is 14.6. The van der Waals surface area contributed by atoms with Gasteiger partial charge in [-0.25, -0.2) is 0 Å². The van der Waals surface area contributed by atoms with Crippen LogP contribution in [0.4, 0.5) is 0 Å². The lowest BCUT2D eigenvalue weighted by atomic mass is 9.98. The molecule has 0 spiro atoms. The topological polar surface area (TPSA) is 55.4 Å². The smallest absolute Gasteiger partial charge is 0.175 e. The zero-order valence-corrected chi connectivity index (χ0v) is 31.8. The number of hydrogen-bond donors (Lipinski definition) is 0. The first-order valence-electron chi connectivity index (χ1n) is 17.3. The van der Waals surface area contributed by atoms with Crippen LogP contribution in [0.5, 0.6) is 0 Å². The summed E-state index contributed by atoms with van der Waals surface area (Å²) in [6, 6.07) is 51.0. The normalized spacial score (nSPS) is 21.6. The second kappa shape index (κ2) is 19.7. The summed E-state index contributed by atoms with van der Waals surface area (Å²) in [6.07, 6.45) is -2.07. The molecule has 8 heteroatoms. The molecule has 1 fully saturated rings. The maximum absolute atomic E-state index is 7.12. The van der Waals surface area contributed by atoms with E-state index in [1.165, 1.54) is 0 Å². The average Bonchev–Trinajstić information content (AvgIpc) is 3.19. The van der Waals surface area contributed by atoms with Gasteiger partial charge in [0.2, 0.25) is 0 Å². The number of ether oxygens (including phenoxy) is 6. The van der Waals surface area contributed by atoms with Crippen molar-refractivity contribution >= 4 is 34.4 Å². The third-order valence-corrected chi connectivity index (χ3v) is 11.1. The van der Waals surface area contributed by atoms with Crippen molar-refractivity contribution in [2.24, 2.45) is 0 Å². The van der Waals surface area contributed by atoms with Crippen LogP contribution in [0.2, 0.25) is 0 Å². The first-order chi connectivity index (χ1) is 25.1. The molecule has 6 nitrogen and oxygen atoms in total. The van der Waals surface area contributed by atoms with Crippen LogP contribution in [0.1, 0.15) is 29.2 Å². The highest BCUT2D eigenvalue weighted by Gasteiger charge is 2.51. The summed E-state index contributed by atoms with van der Waals surface area (Å²) in [5, 5.41) is 0. The van der Waals surface area contributed by atoms with Crippen LogP contribution in [0.25, 0.3) is 0 Å². The molecule has 0 aliphatic carbocycles. The van der Waals surface area contributed by atoms with Gasteiger partial charge in [0.1, 0.15) is 29.9 Å². The molecule has 1 saturated heterocycles. The van der Waals surface area contributed by atoms with Crippen molar-refractivity contribution in [1.82, 2.24) is 0 Å². The van der Waals surface area contributed by atoms with Crippen LogP contribution < -0.4 is 0 Å². The fourth-order valence-corrected chi connectivity index (χ4v) is 7.39. The predicted molar refractivity (Wildman–Crippen MR) is 210 cm³/mol. The third kappa shape index (κ3) is 11.5. The van der Waals surface area contributed by atoms with Crippen LogP contribution in [-0.2, 0) is 54.8 Å². The van der Waals surface area contributed by atoms with Crippen LogP contribution in [0.3, 0.4) is 0 Å². The van der Waals surface area contributed by atoms with Gasteiger partial charge in [-0.3, -0.25) is 0 Å². The Balaban J connectivity index is 1.34. The van der Waals surface area contributed by atoms with Crippen LogP contribution >= 0.6 is 34.4 Å². The molecule has 0 bridgehead atoms. The van der Waals surface area contributed by atoms with Crippen molar-refractivity contribution in [3.05, 3.63) is 174 Å². The van der Waals surface area contributed by atoms with Crippen molar-refractivity contribution in [1.29, 1.82) is 0 Å². The van der Waals surface area contributed by atoms with E-state index in [1.54, 1.807) is 11.8 Å². The zero-order valence-electron chi connectivity index (χ0n) is 28.8. The second-order valence-electron chi connectivity index (χ2n) is 12.6. The Morgan fingerprint density at radius 1 is 0.569 bits per heavy atom. The molecule has 0 saturated carbocycles. The minimum Gasteiger partial charge on any atom is -0.374 e. The van der Waals surface area contributed by atoms with Crippen molar-refractivity contribution in [3.8, 4) is 0 Å². The van der Waals surface area contributed by atoms with Crippen molar-refractivity contribution in [2.45, 2.75) is 73.9 Å². The Kier molecular flexibility index (Phi) is 14.5. The Bertz CT molecular complexity index is 1690. The molecule has 5 aromatic carbocycles. The molecule has 1 aliphatic heterocycles. The maximum atomic E-state index is 7.12. The largest absolute Gasteiger partial charge is 0.374 e. The number of alkyl halides is 1. The van der Waals surface area contributed by atoms with Crippen LogP contribution in [0.15, 0.2) is 157 Å². The monoisotopic (exact) mass is 816 g/mol. The zero-order chi connectivity index (χ0) is 35.1. The van der Waals surface area contributed by atoms with Gasteiger partial charge in [0.25, 0.3) is 0 Å². The van der Waals surface area contributed by atoms with Crippen LogP contribution in [0, 0.1) is 0 Å². The lowest BCUT2D eigenvalue weighted by Gasteiger charge is -2.48. The van der Waals surface area contributed by atoms with E-state index in [4.69, 9.17) is 28.4 Å². The van der Waals surface area contributed by atoms with Crippen molar-refractivity contribution in [3.63, 3.8) is 0 Å². The molecule has 1 unspecified atom stereocenters. The first-order valence-corrected chi connectivity index (χ1v) is 19.7. The van der Waals surface area contributed by atoms with E-state index in [2.05, 4.69) is 83.3 Å². The standard InChI is InChI=1S/C43H45IO6S/c1-43(32-44,48-30-36-23-13-5-14-24-36)50-41-40(47-29-35-21-11-4-12-22-35)39(46-28-34-19-9-3-10-20-34)38(31-45-27-33-17-7-2-8-18-33)49-42(41)51-37-25-15-6-16-26-37/h2-26,38-42H,27-32H2,1H3/t38-,39-,40+,41+,42+,43?/m1/s1. The Labute approximate surface area is 319 Å². The molecule has 0 radical (unpaired) electrons. The minimum absolute atomic E-state index is 0.312. The van der Waals surface area contributed by atoms with Gasteiger partial charge in [0, 0.05) is 4.90 Å². The molecule has 5 aromatic rings. The van der Waals surface area contributed by atoms with E-state index in [9.17, 15) is 0 Å². The highest BCUT2D eigenvalue weighted by atomic mass is 127. The molecule has 0 aromatic heterocycles. The lowest BCUT2D eigenvalue weighted by molar-refractivity contribution is -0.311. The molecular weight excluding hydrogens is 771 g/mol. The summed E-state index contributed by atoms with van der Waals surface area (Å²) in [7, 11) is 0. The molecule has 0 amide bonds. The van der Waals surface area contributed by atoms with Gasteiger partial charge in [0.15, 0.2) is 5.79 Å². The number of thioether (sulfide) groups is 1. The fraction of sp³-hybridized carbons (Fsp3) is 0.302. The number of benzene rings is 5. The number of halogens is 1. The summed E-state index contributed by atoms with van der Waals surface area (Å²) in [6.45, 7) is 3.93. The molecular formula is C43H45IO6S. The summed E-state index contributed by atoms with van der Waals surface area (Å²) >= 11 is 3.96. The highest BCUT2D eigenvalue weighted by molar-refractivity contribution is 14.1. The minimum atomic E-state index is -0.949. The highest BCUT2D eigenvalue weighted by Crippen LogP contribution is 2.40. The number of rotatable bonds is 18. The average molecular weight is 817 g/mol. The molecule has 6 atom stereocenters. The molecule has 0 N–H and O–H groups in total. The Morgan fingerprint density at radius 2 is 1.02 bits per heavy atom. The van der Waals surface area contributed by atoms with Crippen molar-refractivity contribution in [2.75, 3.05) is 11.0 Å². The van der Waals surface area contributed by atoms with Gasteiger partial charge in [-0.2, -0.15) is 0 Å².